The number of aromatic nitrogens is 1. The van der Waals surface area contributed by atoms with Gasteiger partial charge in [0, 0.05) is 18.8 Å². The third-order valence-corrected chi connectivity index (χ3v) is 5.45. The molecule has 1 N–H and O–H groups in total. The van der Waals surface area contributed by atoms with Gasteiger partial charge in [-0.1, -0.05) is 12.1 Å². The average Bonchev–Trinajstić information content (AvgIpc) is 2.69. The van der Waals surface area contributed by atoms with Crippen LogP contribution < -0.4 is 4.74 Å². The number of hydrogen-bond donors (Lipinski definition) is 1. The van der Waals surface area contributed by atoms with Gasteiger partial charge in [-0.2, -0.15) is 0 Å². The summed E-state index contributed by atoms with van der Waals surface area (Å²) in [7, 11) is 0. The molecule has 0 atom stereocenters. The number of benzene rings is 1. The summed E-state index contributed by atoms with van der Waals surface area (Å²) in [5, 5.41) is 8.90. The summed E-state index contributed by atoms with van der Waals surface area (Å²) < 4.78 is 6.19. The van der Waals surface area contributed by atoms with E-state index in [-0.39, 0.29) is 6.42 Å². The number of carboxylic acid groups (broad SMARTS) is 1. The molecule has 1 aliphatic carbocycles. The molecule has 2 aromatic rings. The molecule has 0 fully saturated rings. The predicted molar refractivity (Wildman–Crippen MR) is 107 cm³/mol. The SMILES string of the molecule is Cc1c(CCC(=O)O)ccc(OCC2=C(c3cccnc3)CCCC2)c1C. The normalized spacial score (nSPS) is 14.3. The standard InChI is InChI=1S/C23H27NO3/c1-16-17(2)22(11-9-18(16)10-12-23(25)26)27-15-20-6-3-4-8-21(20)19-7-5-13-24-14-19/h5,7,9,11,13-14H,3-4,6,8,10,12,15H2,1-2H3,(H,25,26). The molecule has 1 aliphatic rings. The van der Waals surface area contributed by atoms with Gasteiger partial charge >= 0.3 is 5.97 Å². The van der Waals surface area contributed by atoms with Crippen molar-refractivity contribution >= 4 is 11.5 Å². The first kappa shape index (κ1) is 19.2. The van der Waals surface area contributed by atoms with Crippen LogP contribution in [0.1, 0.15) is 54.4 Å². The first-order valence-electron chi connectivity index (χ1n) is 9.61. The lowest BCUT2D eigenvalue weighted by Crippen LogP contribution is -2.09. The van der Waals surface area contributed by atoms with Crippen molar-refractivity contribution in [1.29, 1.82) is 0 Å². The predicted octanol–water partition coefficient (Wildman–Crippen LogP) is 5.12. The van der Waals surface area contributed by atoms with Crippen LogP contribution in [-0.2, 0) is 11.2 Å². The number of aryl methyl sites for hydroxylation is 1. The van der Waals surface area contributed by atoms with Crippen molar-refractivity contribution in [2.24, 2.45) is 0 Å². The minimum Gasteiger partial charge on any atom is -0.489 e. The Morgan fingerprint density at radius 3 is 2.70 bits per heavy atom. The second kappa shape index (κ2) is 8.85. The summed E-state index contributed by atoms with van der Waals surface area (Å²) in [6, 6.07) is 8.09. The number of hydrogen-bond acceptors (Lipinski definition) is 3. The van der Waals surface area contributed by atoms with E-state index in [1.807, 2.05) is 38.2 Å². The number of allylic oxidation sites excluding steroid dienone is 1. The van der Waals surface area contributed by atoms with E-state index in [0.717, 1.165) is 35.3 Å². The Bertz CT molecular complexity index is 840. The smallest absolute Gasteiger partial charge is 0.303 e. The number of nitrogens with zero attached hydrogens (tertiary/aromatic N) is 1. The second-order valence-corrected chi connectivity index (χ2v) is 7.19. The zero-order chi connectivity index (χ0) is 19.2. The van der Waals surface area contributed by atoms with Crippen LogP contribution in [0.4, 0.5) is 0 Å². The molecule has 3 rings (SSSR count). The first-order chi connectivity index (χ1) is 13.1. The van der Waals surface area contributed by atoms with Crippen molar-refractivity contribution in [3.8, 4) is 5.75 Å². The lowest BCUT2D eigenvalue weighted by Gasteiger charge is -2.22. The van der Waals surface area contributed by atoms with E-state index in [1.54, 1.807) is 6.20 Å². The maximum absolute atomic E-state index is 10.8. The van der Waals surface area contributed by atoms with E-state index in [2.05, 4.69) is 11.1 Å². The Morgan fingerprint density at radius 2 is 1.96 bits per heavy atom. The average molecular weight is 365 g/mol. The van der Waals surface area contributed by atoms with E-state index in [4.69, 9.17) is 9.84 Å². The van der Waals surface area contributed by atoms with Gasteiger partial charge in [-0.05, 0) is 91.5 Å². The van der Waals surface area contributed by atoms with Crippen LogP contribution in [-0.4, -0.2) is 22.7 Å². The van der Waals surface area contributed by atoms with Crippen LogP contribution in [0.25, 0.3) is 5.57 Å². The van der Waals surface area contributed by atoms with Crippen LogP contribution in [0.3, 0.4) is 0 Å². The number of pyridine rings is 1. The molecule has 0 amide bonds. The van der Waals surface area contributed by atoms with E-state index >= 15 is 0 Å². The molecule has 1 aromatic carbocycles. The summed E-state index contributed by atoms with van der Waals surface area (Å²) in [6.45, 7) is 4.69. The molecule has 0 saturated carbocycles. The fraction of sp³-hybridized carbons (Fsp3) is 0.391. The Kier molecular flexibility index (Phi) is 6.28. The molecule has 0 saturated heterocycles. The van der Waals surface area contributed by atoms with E-state index < -0.39 is 5.97 Å². The highest BCUT2D eigenvalue weighted by molar-refractivity contribution is 5.69. The minimum absolute atomic E-state index is 0.155. The van der Waals surface area contributed by atoms with Gasteiger partial charge in [0.25, 0.3) is 0 Å². The molecule has 0 aliphatic heterocycles. The topological polar surface area (TPSA) is 59.4 Å². The second-order valence-electron chi connectivity index (χ2n) is 7.19. The number of carbonyl (C=O) groups is 1. The minimum atomic E-state index is -0.764. The van der Waals surface area contributed by atoms with Gasteiger partial charge in [0.15, 0.2) is 0 Å². The molecule has 0 unspecified atom stereocenters. The highest BCUT2D eigenvalue weighted by Crippen LogP contribution is 2.33. The molecule has 1 aromatic heterocycles. The van der Waals surface area contributed by atoms with Crippen LogP contribution in [0, 0.1) is 13.8 Å². The molecule has 4 nitrogen and oxygen atoms in total. The summed E-state index contributed by atoms with van der Waals surface area (Å²) >= 11 is 0. The van der Waals surface area contributed by atoms with Gasteiger partial charge in [0.1, 0.15) is 12.4 Å². The molecule has 0 radical (unpaired) electrons. The molecule has 0 bridgehead atoms. The molecule has 0 spiro atoms. The molecule has 4 heteroatoms. The molecular weight excluding hydrogens is 338 g/mol. The summed E-state index contributed by atoms with van der Waals surface area (Å²) in [5.74, 6) is 0.120. The molecule has 142 valence electrons. The van der Waals surface area contributed by atoms with Crippen molar-refractivity contribution in [1.82, 2.24) is 4.98 Å². The number of ether oxygens (including phenoxy) is 1. The highest BCUT2D eigenvalue weighted by atomic mass is 16.5. The molecule has 27 heavy (non-hydrogen) atoms. The van der Waals surface area contributed by atoms with Gasteiger partial charge in [-0.3, -0.25) is 9.78 Å². The zero-order valence-electron chi connectivity index (χ0n) is 16.1. The summed E-state index contributed by atoms with van der Waals surface area (Å²) in [5.41, 5.74) is 7.24. The Morgan fingerprint density at radius 1 is 1.15 bits per heavy atom. The number of rotatable bonds is 7. The van der Waals surface area contributed by atoms with Crippen LogP contribution in [0.5, 0.6) is 5.75 Å². The van der Waals surface area contributed by atoms with Crippen LogP contribution >= 0.6 is 0 Å². The van der Waals surface area contributed by atoms with Crippen molar-refractivity contribution < 1.29 is 14.6 Å². The van der Waals surface area contributed by atoms with Crippen molar-refractivity contribution in [2.45, 2.75) is 52.4 Å². The van der Waals surface area contributed by atoms with Gasteiger partial charge in [0.2, 0.25) is 0 Å². The number of carboxylic acids is 1. The fourth-order valence-corrected chi connectivity index (χ4v) is 3.70. The largest absolute Gasteiger partial charge is 0.489 e. The van der Waals surface area contributed by atoms with Gasteiger partial charge in [-0.15, -0.1) is 0 Å². The first-order valence-corrected chi connectivity index (χ1v) is 9.61. The lowest BCUT2D eigenvalue weighted by atomic mass is 9.88. The van der Waals surface area contributed by atoms with E-state index in [9.17, 15) is 4.79 Å². The third kappa shape index (κ3) is 4.76. The van der Waals surface area contributed by atoms with E-state index in [0.29, 0.717) is 13.0 Å². The Labute approximate surface area is 160 Å². The van der Waals surface area contributed by atoms with Crippen molar-refractivity contribution in [3.63, 3.8) is 0 Å². The maximum Gasteiger partial charge on any atom is 0.303 e. The summed E-state index contributed by atoms with van der Waals surface area (Å²) in [4.78, 5) is 15.1. The summed E-state index contributed by atoms with van der Waals surface area (Å²) in [6.07, 6.45) is 9.02. The van der Waals surface area contributed by atoms with Gasteiger partial charge in [-0.25, -0.2) is 0 Å². The Balaban J connectivity index is 1.76. The fourth-order valence-electron chi connectivity index (χ4n) is 3.70. The quantitative estimate of drug-likeness (QED) is 0.739. The number of aliphatic carboxylic acids is 1. The van der Waals surface area contributed by atoms with Crippen LogP contribution in [0.2, 0.25) is 0 Å². The van der Waals surface area contributed by atoms with Crippen LogP contribution in [0.15, 0.2) is 42.2 Å². The van der Waals surface area contributed by atoms with E-state index in [1.165, 1.54) is 29.6 Å². The molecule has 1 heterocycles. The molecular formula is C23H27NO3. The van der Waals surface area contributed by atoms with Crippen molar-refractivity contribution in [2.75, 3.05) is 6.61 Å². The van der Waals surface area contributed by atoms with Crippen molar-refractivity contribution in [3.05, 3.63) is 64.5 Å². The lowest BCUT2D eigenvalue weighted by molar-refractivity contribution is -0.136. The highest BCUT2D eigenvalue weighted by Gasteiger charge is 2.16. The van der Waals surface area contributed by atoms with Gasteiger partial charge in [0.05, 0.1) is 0 Å². The Hall–Kier alpha value is -2.62. The maximum atomic E-state index is 10.8. The monoisotopic (exact) mass is 365 g/mol. The third-order valence-electron chi connectivity index (χ3n) is 5.45. The van der Waals surface area contributed by atoms with Gasteiger partial charge < -0.3 is 9.84 Å². The zero-order valence-corrected chi connectivity index (χ0v) is 16.1.